The van der Waals surface area contributed by atoms with Crippen LogP contribution in [0.1, 0.15) is 43.1 Å². The number of aromatic nitrogens is 5. The summed E-state index contributed by atoms with van der Waals surface area (Å²) in [4.78, 5) is 35.8. The van der Waals surface area contributed by atoms with Crippen LogP contribution in [0.3, 0.4) is 0 Å². The van der Waals surface area contributed by atoms with Crippen molar-refractivity contribution in [1.29, 1.82) is 0 Å². The molecule has 2 fully saturated rings. The quantitative estimate of drug-likeness (QED) is 0.472. The number of aryl methyl sites for hydroxylation is 2. The number of piperidine rings is 1. The highest BCUT2D eigenvalue weighted by Gasteiger charge is 2.27. The molecule has 2 aliphatic rings. The second kappa shape index (κ2) is 9.13. The lowest BCUT2D eigenvalue weighted by molar-refractivity contribution is -0.131. The number of carbonyl (C=O) groups is 1. The van der Waals surface area contributed by atoms with Gasteiger partial charge in [0, 0.05) is 44.0 Å². The average molecular weight is 485 g/mol. The highest BCUT2D eigenvalue weighted by molar-refractivity contribution is 6.00. The van der Waals surface area contributed by atoms with Crippen LogP contribution in [0.15, 0.2) is 30.6 Å². The molecule has 2 N–H and O–H groups in total. The fourth-order valence-corrected chi connectivity index (χ4v) is 5.68. The van der Waals surface area contributed by atoms with Gasteiger partial charge < -0.3 is 15.2 Å². The number of carbonyl (C=O) groups excluding carboxylic acids is 1. The molecule has 0 bridgehead atoms. The number of imidazole rings is 1. The minimum absolute atomic E-state index is 0.274. The van der Waals surface area contributed by atoms with E-state index in [1.54, 1.807) is 6.20 Å². The van der Waals surface area contributed by atoms with Crippen LogP contribution in [0.5, 0.6) is 0 Å². The van der Waals surface area contributed by atoms with E-state index in [-0.39, 0.29) is 5.91 Å². The number of nitrogens with zero attached hydrogens (tertiary/aromatic N) is 7. The molecule has 4 aromatic heterocycles. The van der Waals surface area contributed by atoms with Gasteiger partial charge in [0.25, 0.3) is 0 Å². The molecule has 9 heteroatoms. The predicted molar refractivity (Wildman–Crippen MR) is 140 cm³/mol. The third-order valence-corrected chi connectivity index (χ3v) is 7.69. The summed E-state index contributed by atoms with van der Waals surface area (Å²) in [6.45, 7) is 8.18. The van der Waals surface area contributed by atoms with Crippen LogP contribution in [0.4, 0.5) is 5.82 Å². The van der Waals surface area contributed by atoms with Gasteiger partial charge in [-0.3, -0.25) is 14.7 Å². The number of anilines is 1. The maximum atomic E-state index is 12.6. The number of likely N-dealkylation sites (tertiary alicyclic amines) is 2. The van der Waals surface area contributed by atoms with Crippen LogP contribution in [0, 0.1) is 13.8 Å². The summed E-state index contributed by atoms with van der Waals surface area (Å²) >= 11 is 0. The second-order valence-corrected chi connectivity index (χ2v) is 10.1. The molecule has 0 unspecified atom stereocenters. The lowest BCUT2D eigenvalue weighted by Gasteiger charge is -2.33. The average Bonchev–Trinajstić information content (AvgIpc) is 3.54. The zero-order chi connectivity index (χ0) is 24.8. The van der Waals surface area contributed by atoms with Gasteiger partial charge in [-0.1, -0.05) is 0 Å². The third kappa shape index (κ3) is 4.07. The molecule has 186 valence electrons. The molecule has 1 amide bonds. The molecule has 36 heavy (non-hydrogen) atoms. The third-order valence-electron chi connectivity index (χ3n) is 7.69. The zero-order valence-electron chi connectivity index (χ0n) is 20.9. The largest absolute Gasteiger partial charge is 0.383 e. The molecule has 0 aliphatic carbocycles. The van der Waals surface area contributed by atoms with E-state index >= 15 is 0 Å². The van der Waals surface area contributed by atoms with Gasteiger partial charge in [-0.15, -0.1) is 0 Å². The van der Waals surface area contributed by atoms with E-state index in [0.717, 1.165) is 96.6 Å². The number of hydrogen-bond acceptors (Lipinski definition) is 7. The van der Waals surface area contributed by atoms with Crippen LogP contribution < -0.4 is 5.73 Å². The van der Waals surface area contributed by atoms with Gasteiger partial charge in [-0.05, 0) is 63.3 Å². The molecular formula is C27H32N8O. The van der Waals surface area contributed by atoms with Gasteiger partial charge in [-0.2, -0.15) is 0 Å². The molecule has 0 spiro atoms. The standard InChI is InChI=1S/C27H32N8O/c1-17-13-19(14-30-27(17)28)21-5-6-22-25(32-21)26-23(15-29-22)31-18(2)35(26)20-7-11-33(12-8-20)16-24(36)34-9-3-4-10-34/h5-6,13-15,20H,3-4,7-12,16H2,1-2H3,(H2,28,30). The molecule has 9 nitrogen and oxygen atoms in total. The normalized spacial score (nSPS) is 17.4. The van der Waals surface area contributed by atoms with Crippen molar-refractivity contribution in [3.8, 4) is 11.3 Å². The van der Waals surface area contributed by atoms with Crippen molar-refractivity contribution in [2.24, 2.45) is 0 Å². The Bertz CT molecular complexity index is 1450. The lowest BCUT2D eigenvalue weighted by Crippen LogP contribution is -2.42. The Labute approximate surface area is 210 Å². The van der Waals surface area contributed by atoms with Gasteiger partial charge in [0.1, 0.15) is 22.7 Å². The fraction of sp³-hybridized carbons (Fsp3) is 0.444. The van der Waals surface area contributed by atoms with E-state index in [2.05, 4.69) is 26.4 Å². The minimum Gasteiger partial charge on any atom is -0.383 e. The van der Waals surface area contributed by atoms with Gasteiger partial charge in [0.2, 0.25) is 5.91 Å². The molecule has 6 rings (SSSR count). The first kappa shape index (κ1) is 22.8. The highest BCUT2D eigenvalue weighted by atomic mass is 16.2. The molecule has 4 aromatic rings. The summed E-state index contributed by atoms with van der Waals surface area (Å²) in [5, 5.41) is 0. The van der Waals surface area contributed by atoms with Crippen LogP contribution in [-0.4, -0.2) is 72.9 Å². The van der Waals surface area contributed by atoms with Gasteiger partial charge in [0.05, 0.1) is 29.5 Å². The van der Waals surface area contributed by atoms with Crippen molar-refractivity contribution in [3.63, 3.8) is 0 Å². The van der Waals surface area contributed by atoms with E-state index < -0.39 is 0 Å². The first-order chi connectivity index (χ1) is 17.5. The Morgan fingerprint density at radius 1 is 1.00 bits per heavy atom. The van der Waals surface area contributed by atoms with E-state index in [9.17, 15) is 4.79 Å². The first-order valence-electron chi connectivity index (χ1n) is 12.8. The van der Waals surface area contributed by atoms with Crippen LogP contribution >= 0.6 is 0 Å². The number of hydrogen-bond donors (Lipinski definition) is 1. The Morgan fingerprint density at radius 3 is 2.53 bits per heavy atom. The Hall–Kier alpha value is -3.59. The summed E-state index contributed by atoms with van der Waals surface area (Å²) in [5.41, 5.74) is 12.2. The van der Waals surface area contributed by atoms with Gasteiger partial charge >= 0.3 is 0 Å². The van der Waals surface area contributed by atoms with Gasteiger partial charge in [-0.25, -0.2) is 15.0 Å². The van der Waals surface area contributed by atoms with E-state index in [0.29, 0.717) is 18.4 Å². The summed E-state index contributed by atoms with van der Waals surface area (Å²) in [6.07, 6.45) is 7.84. The number of amides is 1. The molecule has 2 saturated heterocycles. The number of nitrogens with two attached hydrogens (primary N) is 1. The molecule has 6 heterocycles. The van der Waals surface area contributed by atoms with Crippen molar-refractivity contribution in [3.05, 3.63) is 42.0 Å². The van der Waals surface area contributed by atoms with Crippen LogP contribution in [-0.2, 0) is 4.79 Å². The highest BCUT2D eigenvalue weighted by Crippen LogP contribution is 2.33. The van der Waals surface area contributed by atoms with Crippen LogP contribution in [0.2, 0.25) is 0 Å². The maximum Gasteiger partial charge on any atom is 0.236 e. The molecular weight excluding hydrogens is 452 g/mol. The van der Waals surface area contributed by atoms with E-state index in [1.165, 1.54) is 0 Å². The Morgan fingerprint density at radius 2 is 1.78 bits per heavy atom. The SMILES string of the molecule is Cc1cc(-c2ccc3ncc4nc(C)n(C5CCN(CC(=O)N6CCCC6)CC5)c4c3n2)cnc1N. The van der Waals surface area contributed by atoms with E-state index in [4.69, 9.17) is 15.7 Å². The monoisotopic (exact) mass is 484 g/mol. The Balaban J connectivity index is 1.31. The van der Waals surface area contributed by atoms with Crippen molar-refractivity contribution in [2.75, 3.05) is 38.5 Å². The number of nitrogen functional groups attached to an aromatic ring is 1. The summed E-state index contributed by atoms with van der Waals surface area (Å²) < 4.78 is 2.35. The molecule has 0 aromatic carbocycles. The first-order valence-corrected chi connectivity index (χ1v) is 12.8. The molecule has 2 aliphatic heterocycles. The fourth-order valence-electron chi connectivity index (χ4n) is 5.68. The van der Waals surface area contributed by atoms with Crippen molar-refractivity contribution in [1.82, 2.24) is 34.3 Å². The summed E-state index contributed by atoms with van der Waals surface area (Å²) in [6, 6.07) is 6.33. The number of pyridine rings is 3. The zero-order valence-corrected chi connectivity index (χ0v) is 20.9. The Kier molecular flexibility index (Phi) is 5.79. The number of fused-ring (bicyclic) bond motifs is 3. The molecule has 0 atom stereocenters. The predicted octanol–water partition coefficient (Wildman–Crippen LogP) is 3.50. The van der Waals surface area contributed by atoms with Crippen LogP contribution in [0.25, 0.3) is 33.3 Å². The topological polar surface area (TPSA) is 106 Å². The summed E-state index contributed by atoms with van der Waals surface area (Å²) in [7, 11) is 0. The van der Waals surface area contributed by atoms with Crippen molar-refractivity contribution < 1.29 is 4.79 Å². The second-order valence-electron chi connectivity index (χ2n) is 10.1. The minimum atomic E-state index is 0.274. The summed E-state index contributed by atoms with van der Waals surface area (Å²) in [5.74, 6) is 1.78. The smallest absolute Gasteiger partial charge is 0.236 e. The molecule has 0 saturated carbocycles. The molecule has 0 radical (unpaired) electrons. The van der Waals surface area contributed by atoms with E-state index in [1.807, 2.05) is 36.2 Å². The van der Waals surface area contributed by atoms with Crippen molar-refractivity contribution >= 4 is 33.8 Å². The van der Waals surface area contributed by atoms with Crippen molar-refractivity contribution in [2.45, 2.75) is 45.6 Å². The lowest BCUT2D eigenvalue weighted by atomic mass is 10.0. The van der Waals surface area contributed by atoms with Gasteiger partial charge in [0.15, 0.2) is 0 Å². The number of rotatable bonds is 4. The maximum absolute atomic E-state index is 12.6.